The maximum absolute atomic E-state index is 3.52. The van der Waals surface area contributed by atoms with Crippen molar-refractivity contribution in [1.29, 1.82) is 0 Å². The van der Waals surface area contributed by atoms with Gasteiger partial charge in [0.15, 0.2) is 0 Å². The number of rotatable bonds is 7. The van der Waals surface area contributed by atoms with Crippen LogP contribution in [0.15, 0.2) is 15.9 Å². The molecule has 0 aliphatic heterocycles. The van der Waals surface area contributed by atoms with Crippen molar-refractivity contribution in [3.8, 4) is 0 Å². The van der Waals surface area contributed by atoms with Gasteiger partial charge in [-0.15, -0.1) is 11.3 Å². The van der Waals surface area contributed by atoms with E-state index in [1.54, 1.807) is 0 Å². The van der Waals surface area contributed by atoms with Crippen LogP contribution in [0.1, 0.15) is 32.1 Å². The van der Waals surface area contributed by atoms with E-state index in [1.807, 2.05) is 11.3 Å². The van der Waals surface area contributed by atoms with Crippen LogP contribution in [0, 0.1) is 11.8 Å². The lowest BCUT2D eigenvalue weighted by Crippen LogP contribution is -2.25. The standard InChI is InChI=1S/C13H22BrNS/c1-10(2)8-15-9-11(3)4-5-12-6-7-13(14)16-12/h6-7,10-11,15H,4-5,8-9H2,1-3H3. The van der Waals surface area contributed by atoms with Gasteiger partial charge in [-0.25, -0.2) is 0 Å². The van der Waals surface area contributed by atoms with E-state index in [0.29, 0.717) is 0 Å². The minimum Gasteiger partial charge on any atom is -0.316 e. The third-order valence-corrected chi connectivity index (χ3v) is 4.24. The molecule has 0 bridgehead atoms. The summed E-state index contributed by atoms with van der Waals surface area (Å²) < 4.78 is 1.24. The van der Waals surface area contributed by atoms with Crippen molar-refractivity contribution in [2.24, 2.45) is 11.8 Å². The first-order chi connectivity index (χ1) is 7.58. The maximum Gasteiger partial charge on any atom is 0.0701 e. The number of nitrogens with one attached hydrogen (secondary N) is 1. The van der Waals surface area contributed by atoms with Crippen LogP contribution in [0.3, 0.4) is 0 Å². The lowest BCUT2D eigenvalue weighted by Gasteiger charge is -2.13. The fraction of sp³-hybridized carbons (Fsp3) is 0.692. The van der Waals surface area contributed by atoms with Crippen LogP contribution < -0.4 is 5.32 Å². The second kappa shape index (κ2) is 7.46. The molecule has 0 amide bonds. The predicted octanol–water partition coefficient (Wildman–Crippen LogP) is 4.32. The van der Waals surface area contributed by atoms with E-state index < -0.39 is 0 Å². The zero-order valence-electron chi connectivity index (χ0n) is 10.4. The molecular formula is C13H22BrNS. The first kappa shape index (κ1) is 14.2. The average molecular weight is 304 g/mol. The van der Waals surface area contributed by atoms with E-state index in [9.17, 15) is 0 Å². The number of aryl methyl sites for hydroxylation is 1. The summed E-state index contributed by atoms with van der Waals surface area (Å²) in [6, 6.07) is 4.37. The molecule has 1 atom stereocenters. The Morgan fingerprint density at radius 2 is 2.00 bits per heavy atom. The number of thiophene rings is 1. The maximum atomic E-state index is 3.52. The molecule has 0 aliphatic rings. The molecule has 92 valence electrons. The summed E-state index contributed by atoms with van der Waals surface area (Å²) >= 11 is 5.36. The minimum atomic E-state index is 0.750. The molecule has 0 aliphatic carbocycles. The zero-order valence-corrected chi connectivity index (χ0v) is 12.8. The van der Waals surface area contributed by atoms with Crippen molar-refractivity contribution in [2.45, 2.75) is 33.6 Å². The van der Waals surface area contributed by atoms with Crippen LogP contribution in [-0.4, -0.2) is 13.1 Å². The first-order valence-electron chi connectivity index (χ1n) is 6.03. The summed E-state index contributed by atoms with van der Waals surface area (Å²) in [6.07, 6.45) is 2.48. The summed E-state index contributed by atoms with van der Waals surface area (Å²) in [5.74, 6) is 1.51. The summed E-state index contributed by atoms with van der Waals surface area (Å²) in [6.45, 7) is 9.11. The molecule has 0 saturated carbocycles. The molecule has 0 fully saturated rings. The van der Waals surface area contributed by atoms with Crippen molar-refractivity contribution in [3.63, 3.8) is 0 Å². The highest BCUT2D eigenvalue weighted by molar-refractivity contribution is 9.11. The highest BCUT2D eigenvalue weighted by atomic mass is 79.9. The Morgan fingerprint density at radius 3 is 2.56 bits per heavy atom. The number of hydrogen-bond donors (Lipinski definition) is 1. The molecule has 0 radical (unpaired) electrons. The molecule has 1 unspecified atom stereocenters. The van der Waals surface area contributed by atoms with Gasteiger partial charge in [0, 0.05) is 4.88 Å². The summed E-state index contributed by atoms with van der Waals surface area (Å²) in [4.78, 5) is 1.49. The lowest BCUT2D eigenvalue weighted by atomic mass is 10.0. The van der Waals surface area contributed by atoms with Gasteiger partial charge in [-0.2, -0.15) is 0 Å². The highest BCUT2D eigenvalue weighted by Gasteiger charge is 2.04. The van der Waals surface area contributed by atoms with Crippen LogP contribution in [0.5, 0.6) is 0 Å². The number of hydrogen-bond acceptors (Lipinski definition) is 2. The molecular weight excluding hydrogens is 282 g/mol. The van der Waals surface area contributed by atoms with Crippen molar-refractivity contribution in [2.75, 3.05) is 13.1 Å². The SMILES string of the molecule is CC(C)CNCC(C)CCc1ccc(Br)s1. The third-order valence-electron chi connectivity index (χ3n) is 2.56. The zero-order chi connectivity index (χ0) is 12.0. The largest absolute Gasteiger partial charge is 0.316 e. The fourth-order valence-corrected chi connectivity index (χ4v) is 3.09. The molecule has 1 aromatic heterocycles. The van der Waals surface area contributed by atoms with E-state index in [1.165, 1.54) is 21.5 Å². The summed E-state index contributed by atoms with van der Waals surface area (Å²) in [5, 5.41) is 3.52. The van der Waals surface area contributed by atoms with E-state index in [4.69, 9.17) is 0 Å². The second-order valence-electron chi connectivity index (χ2n) is 4.90. The van der Waals surface area contributed by atoms with Crippen LogP contribution in [0.4, 0.5) is 0 Å². The van der Waals surface area contributed by atoms with E-state index in [-0.39, 0.29) is 0 Å². The second-order valence-corrected chi connectivity index (χ2v) is 7.45. The quantitative estimate of drug-likeness (QED) is 0.791. The van der Waals surface area contributed by atoms with Crippen LogP contribution in [0.25, 0.3) is 0 Å². The normalized spacial score (nSPS) is 13.3. The average Bonchev–Trinajstić information content (AvgIpc) is 2.61. The Bertz CT molecular complexity index is 296. The molecule has 16 heavy (non-hydrogen) atoms. The Hall–Kier alpha value is 0.140. The van der Waals surface area contributed by atoms with Gasteiger partial charge < -0.3 is 5.32 Å². The van der Waals surface area contributed by atoms with Crippen LogP contribution in [0.2, 0.25) is 0 Å². The smallest absolute Gasteiger partial charge is 0.0701 e. The Balaban J connectivity index is 2.12. The van der Waals surface area contributed by atoms with Crippen molar-refractivity contribution < 1.29 is 0 Å². The lowest BCUT2D eigenvalue weighted by molar-refractivity contribution is 0.455. The van der Waals surface area contributed by atoms with E-state index in [2.05, 4.69) is 54.2 Å². The van der Waals surface area contributed by atoms with Gasteiger partial charge in [0.1, 0.15) is 0 Å². The van der Waals surface area contributed by atoms with Crippen molar-refractivity contribution >= 4 is 27.3 Å². The molecule has 0 spiro atoms. The summed E-state index contributed by atoms with van der Waals surface area (Å²) in [5.41, 5.74) is 0. The van der Waals surface area contributed by atoms with Crippen molar-refractivity contribution in [3.05, 3.63) is 20.8 Å². The van der Waals surface area contributed by atoms with Crippen LogP contribution in [-0.2, 0) is 6.42 Å². The topological polar surface area (TPSA) is 12.0 Å². The van der Waals surface area contributed by atoms with Gasteiger partial charge >= 0.3 is 0 Å². The molecule has 0 saturated heterocycles. The van der Waals surface area contributed by atoms with Gasteiger partial charge in [-0.1, -0.05) is 20.8 Å². The Labute approximate surface area is 112 Å². The van der Waals surface area contributed by atoms with Gasteiger partial charge in [0.2, 0.25) is 0 Å². The monoisotopic (exact) mass is 303 g/mol. The van der Waals surface area contributed by atoms with Gasteiger partial charge in [0.05, 0.1) is 3.79 Å². The first-order valence-corrected chi connectivity index (χ1v) is 7.63. The number of halogens is 1. The molecule has 0 aromatic carbocycles. The molecule has 3 heteroatoms. The Morgan fingerprint density at radius 1 is 1.25 bits per heavy atom. The highest BCUT2D eigenvalue weighted by Crippen LogP contribution is 2.23. The molecule has 1 N–H and O–H groups in total. The van der Waals surface area contributed by atoms with E-state index >= 15 is 0 Å². The van der Waals surface area contributed by atoms with Gasteiger partial charge in [-0.05, 0) is 65.8 Å². The molecule has 1 nitrogen and oxygen atoms in total. The third kappa shape index (κ3) is 6.02. The Kier molecular flexibility index (Phi) is 6.62. The predicted molar refractivity (Wildman–Crippen MR) is 77.2 cm³/mol. The minimum absolute atomic E-state index is 0.750. The van der Waals surface area contributed by atoms with Crippen molar-refractivity contribution in [1.82, 2.24) is 5.32 Å². The fourth-order valence-electron chi connectivity index (χ4n) is 1.60. The van der Waals surface area contributed by atoms with Crippen LogP contribution >= 0.6 is 27.3 Å². The molecule has 1 rings (SSSR count). The molecule has 1 aromatic rings. The summed E-state index contributed by atoms with van der Waals surface area (Å²) in [7, 11) is 0. The van der Waals surface area contributed by atoms with Gasteiger partial charge in [-0.3, -0.25) is 0 Å². The van der Waals surface area contributed by atoms with E-state index in [0.717, 1.165) is 24.9 Å². The van der Waals surface area contributed by atoms with Gasteiger partial charge in [0.25, 0.3) is 0 Å². The molecule has 1 heterocycles.